The van der Waals surface area contributed by atoms with Crippen LogP contribution in [0.15, 0.2) is 47.4 Å². The first-order chi connectivity index (χ1) is 13.4. The maximum atomic E-state index is 13.0. The highest BCUT2D eigenvalue weighted by atomic mass is 32.2. The van der Waals surface area contributed by atoms with Gasteiger partial charge in [-0.25, -0.2) is 8.42 Å². The van der Waals surface area contributed by atoms with Crippen LogP contribution in [0, 0.1) is 18.3 Å². The van der Waals surface area contributed by atoms with Gasteiger partial charge >= 0.3 is 0 Å². The summed E-state index contributed by atoms with van der Waals surface area (Å²) in [5.41, 5.74) is 2.38. The van der Waals surface area contributed by atoms with Gasteiger partial charge in [-0.15, -0.1) is 0 Å². The molecule has 2 aromatic carbocycles. The largest absolute Gasteiger partial charge is 0.322 e. The van der Waals surface area contributed by atoms with Crippen LogP contribution in [0.2, 0.25) is 0 Å². The molecule has 0 unspecified atom stereocenters. The molecule has 3 rings (SSSR count). The first kappa shape index (κ1) is 20.1. The quantitative estimate of drug-likeness (QED) is 0.836. The third-order valence-corrected chi connectivity index (χ3v) is 6.92. The first-order valence-corrected chi connectivity index (χ1v) is 10.7. The van der Waals surface area contributed by atoms with Crippen LogP contribution in [0.25, 0.3) is 0 Å². The summed E-state index contributed by atoms with van der Waals surface area (Å²) in [4.78, 5) is 12.8. The van der Waals surface area contributed by atoms with E-state index in [1.54, 1.807) is 43.3 Å². The second-order valence-corrected chi connectivity index (χ2v) is 8.84. The Hall–Kier alpha value is -2.69. The summed E-state index contributed by atoms with van der Waals surface area (Å²) in [5.74, 6) is -0.372. The lowest BCUT2D eigenvalue weighted by Gasteiger charge is -2.26. The number of sulfonamides is 1. The minimum Gasteiger partial charge on any atom is -0.322 e. The van der Waals surface area contributed by atoms with E-state index < -0.39 is 10.0 Å². The number of nitrogens with one attached hydrogen (secondary N) is 1. The van der Waals surface area contributed by atoms with Gasteiger partial charge in [0.25, 0.3) is 5.91 Å². The third kappa shape index (κ3) is 4.41. The van der Waals surface area contributed by atoms with Gasteiger partial charge in [0.05, 0.1) is 17.4 Å². The molecule has 0 aromatic heterocycles. The maximum Gasteiger partial charge on any atom is 0.255 e. The van der Waals surface area contributed by atoms with E-state index in [-0.39, 0.29) is 10.8 Å². The number of nitriles is 1. The predicted octanol–water partition coefficient (Wildman–Crippen LogP) is 3.49. The van der Waals surface area contributed by atoms with Crippen molar-refractivity contribution in [3.63, 3.8) is 0 Å². The summed E-state index contributed by atoms with van der Waals surface area (Å²) < 4.78 is 27.5. The standard InChI is InChI=1S/C21H23N3O3S/c1-16-5-8-18(15-20(16)28(26,27)24-13-3-2-4-14-24)21(25)23-19-9-6-17(7-10-19)11-12-22/h5-10,15H,2-4,11,13-14H2,1H3,(H,23,25). The van der Waals surface area contributed by atoms with Gasteiger partial charge in [0.2, 0.25) is 10.0 Å². The number of hydrogen-bond donors (Lipinski definition) is 1. The summed E-state index contributed by atoms with van der Waals surface area (Å²) in [5, 5.41) is 11.5. The molecule has 0 aliphatic carbocycles. The van der Waals surface area contributed by atoms with Crippen LogP contribution < -0.4 is 5.32 Å². The molecule has 0 bridgehead atoms. The molecule has 0 radical (unpaired) electrons. The van der Waals surface area contributed by atoms with E-state index >= 15 is 0 Å². The molecule has 2 aromatic rings. The summed E-state index contributed by atoms with van der Waals surface area (Å²) in [7, 11) is -3.61. The molecule has 1 aliphatic heterocycles. The molecule has 1 N–H and O–H groups in total. The Labute approximate surface area is 165 Å². The van der Waals surface area contributed by atoms with Crippen molar-refractivity contribution in [1.82, 2.24) is 4.31 Å². The Morgan fingerprint density at radius 3 is 2.43 bits per heavy atom. The lowest BCUT2D eigenvalue weighted by atomic mass is 10.1. The second-order valence-electron chi connectivity index (χ2n) is 6.93. The number of amides is 1. The zero-order valence-electron chi connectivity index (χ0n) is 15.8. The smallest absolute Gasteiger partial charge is 0.255 e. The fourth-order valence-electron chi connectivity index (χ4n) is 3.26. The Morgan fingerprint density at radius 1 is 1.11 bits per heavy atom. The molecule has 0 spiro atoms. The molecular formula is C21H23N3O3S. The number of carbonyl (C=O) groups is 1. The fraction of sp³-hybridized carbons (Fsp3) is 0.333. The first-order valence-electron chi connectivity index (χ1n) is 9.30. The number of rotatable bonds is 5. The van der Waals surface area contributed by atoms with E-state index in [2.05, 4.69) is 11.4 Å². The van der Waals surface area contributed by atoms with E-state index in [4.69, 9.17) is 5.26 Å². The normalized spacial score (nSPS) is 15.0. The molecule has 1 fully saturated rings. The number of carbonyl (C=O) groups excluding carboxylic acids is 1. The second kappa shape index (κ2) is 8.55. The SMILES string of the molecule is Cc1ccc(C(=O)Nc2ccc(CC#N)cc2)cc1S(=O)(=O)N1CCCCC1. The maximum absolute atomic E-state index is 13.0. The fourth-order valence-corrected chi connectivity index (χ4v) is 5.03. The molecule has 28 heavy (non-hydrogen) atoms. The minimum absolute atomic E-state index is 0.186. The van der Waals surface area contributed by atoms with Gasteiger partial charge in [0.15, 0.2) is 0 Å². The van der Waals surface area contributed by atoms with E-state index in [1.165, 1.54) is 10.4 Å². The zero-order valence-corrected chi connectivity index (χ0v) is 16.6. The number of nitrogens with zero attached hydrogens (tertiary/aromatic N) is 2. The van der Waals surface area contributed by atoms with Crippen molar-refractivity contribution in [1.29, 1.82) is 5.26 Å². The van der Waals surface area contributed by atoms with E-state index in [1.807, 2.05) is 0 Å². The molecule has 7 heteroatoms. The van der Waals surface area contributed by atoms with Gasteiger partial charge in [-0.2, -0.15) is 9.57 Å². The monoisotopic (exact) mass is 397 g/mol. The highest BCUT2D eigenvalue weighted by Gasteiger charge is 2.28. The summed E-state index contributed by atoms with van der Waals surface area (Å²) in [6.07, 6.45) is 3.07. The summed E-state index contributed by atoms with van der Waals surface area (Å²) in [6.45, 7) is 2.78. The van der Waals surface area contributed by atoms with Crippen LogP contribution in [-0.2, 0) is 16.4 Å². The highest BCUT2D eigenvalue weighted by molar-refractivity contribution is 7.89. The Morgan fingerprint density at radius 2 is 1.79 bits per heavy atom. The van der Waals surface area contributed by atoms with Gasteiger partial charge in [-0.3, -0.25) is 4.79 Å². The van der Waals surface area contributed by atoms with Crippen LogP contribution in [0.3, 0.4) is 0 Å². The highest BCUT2D eigenvalue weighted by Crippen LogP contribution is 2.25. The zero-order chi connectivity index (χ0) is 20.1. The van der Waals surface area contributed by atoms with Crippen molar-refractivity contribution < 1.29 is 13.2 Å². The molecule has 0 saturated carbocycles. The summed E-state index contributed by atoms with van der Waals surface area (Å²) >= 11 is 0. The van der Waals surface area contributed by atoms with Crippen LogP contribution in [0.1, 0.15) is 40.7 Å². The van der Waals surface area contributed by atoms with Crippen molar-refractivity contribution >= 4 is 21.6 Å². The van der Waals surface area contributed by atoms with E-state index in [9.17, 15) is 13.2 Å². The number of hydrogen-bond acceptors (Lipinski definition) is 4. The number of aryl methyl sites for hydroxylation is 1. The lowest BCUT2D eigenvalue weighted by molar-refractivity contribution is 0.102. The van der Waals surface area contributed by atoms with Gasteiger partial charge in [0, 0.05) is 24.3 Å². The van der Waals surface area contributed by atoms with Gasteiger partial charge < -0.3 is 5.32 Å². The number of piperidine rings is 1. The van der Waals surface area contributed by atoms with Crippen molar-refractivity contribution in [3.8, 4) is 6.07 Å². The predicted molar refractivity (Wildman–Crippen MR) is 108 cm³/mol. The van der Waals surface area contributed by atoms with Crippen LogP contribution >= 0.6 is 0 Å². The third-order valence-electron chi connectivity index (χ3n) is 4.88. The van der Waals surface area contributed by atoms with Crippen LogP contribution in [0.4, 0.5) is 5.69 Å². The molecule has 1 heterocycles. The Kier molecular flexibility index (Phi) is 6.12. The number of anilines is 1. The molecule has 1 aliphatic rings. The topological polar surface area (TPSA) is 90.3 Å². The van der Waals surface area contributed by atoms with E-state index in [0.717, 1.165) is 24.8 Å². The van der Waals surface area contributed by atoms with Gasteiger partial charge in [0.1, 0.15) is 0 Å². The molecule has 1 amide bonds. The van der Waals surface area contributed by atoms with Crippen molar-refractivity contribution in [3.05, 3.63) is 59.2 Å². The Balaban J connectivity index is 1.82. The minimum atomic E-state index is -3.61. The molecular weight excluding hydrogens is 374 g/mol. The van der Waals surface area contributed by atoms with Crippen molar-refractivity contribution in [2.45, 2.75) is 37.5 Å². The average Bonchev–Trinajstić information content (AvgIpc) is 2.70. The van der Waals surface area contributed by atoms with Crippen molar-refractivity contribution in [2.75, 3.05) is 18.4 Å². The van der Waals surface area contributed by atoms with Crippen LogP contribution in [0.5, 0.6) is 0 Å². The lowest BCUT2D eigenvalue weighted by Crippen LogP contribution is -2.36. The van der Waals surface area contributed by atoms with Crippen LogP contribution in [-0.4, -0.2) is 31.7 Å². The number of benzene rings is 2. The average molecular weight is 398 g/mol. The molecule has 1 saturated heterocycles. The molecule has 6 nitrogen and oxygen atoms in total. The Bertz CT molecular complexity index is 1000. The van der Waals surface area contributed by atoms with Crippen molar-refractivity contribution in [2.24, 2.45) is 0 Å². The molecule has 146 valence electrons. The van der Waals surface area contributed by atoms with E-state index in [0.29, 0.717) is 36.3 Å². The van der Waals surface area contributed by atoms with Gasteiger partial charge in [-0.05, 0) is 55.2 Å². The molecule has 0 atom stereocenters. The summed E-state index contributed by atoms with van der Waals surface area (Å²) in [6, 6.07) is 13.8. The van der Waals surface area contributed by atoms with Gasteiger partial charge in [-0.1, -0.05) is 24.6 Å².